The van der Waals surface area contributed by atoms with Gasteiger partial charge in [0.05, 0.1) is 0 Å². The molecule has 1 N–H and O–H groups in total. The topological polar surface area (TPSA) is 24.9 Å². The van der Waals surface area contributed by atoms with Gasteiger partial charge in [0.15, 0.2) is 0 Å². The Balaban J connectivity index is 2.70. The highest BCUT2D eigenvalue weighted by Gasteiger charge is 2.14. The molecule has 18 heavy (non-hydrogen) atoms. The van der Waals surface area contributed by atoms with Gasteiger partial charge in [0.2, 0.25) is 0 Å². The number of hydrogen-bond acceptors (Lipinski definition) is 2. The van der Waals surface area contributed by atoms with Crippen LogP contribution in [0.5, 0.6) is 0 Å². The fourth-order valence-electron chi connectivity index (χ4n) is 2.45. The average Bonchev–Trinajstić information content (AvgIpc) is 2.34. The lowest BCUT2D eigenvalue weighted by Crippen LogP contribution is -2.24. The van der Waals surface area contributed by atoms with Gasteiger partial charge in [-0.05, 0) is 49.9 Å². The number of aryl methyl sites for hydroxylation is 1. The van der Waals surface area contributed by atoms with Crippen molar-refractivity contribution in [3.63, 3.8) is 0 Å². The lowest BCUT2D eigenvalue weighted by atomic mass is 9.93. The molecule has 1 rings (SSSR count). The number of rotatable bonds is 8. The molecule has 0 bridgehead atoms. The molecule has 0 saturated heterocycles. The summed E-state index contributed by atoms with van der Waals surface area (Å²) in [5.41, 5.74) is 2.50. The first-order valence-electron chi connectivity index (χ1n) is 7.33. The minimum absolute atomic E-state index is 0.480. The number of nitrogens with zero attached hydrogens (tertiary/aromatic N) is 1. The number of aromatic nitrogens is 1. The summed E-state index contributed by atoms with van der Waals surface area (Å²) in [5, 5.41) is 3.67. The van der Waals surface area contributed by atoms with Gasteiger partial charge < -0.3 is 5.32 Å². The molecular formula is C16H28N2. The molecule has 2 unspecified atom stereocenters. The molecule has 2 atom stereocenters. The van der Waals surface area contributed by atoms with Crippen LogP contribution in [0.15, 0.2) is 18.3 Å². The SMILES string of the molecule is CCCNC(CC(C)CCC)c1ccnc(C)c1. The van der Waals surface area contributed by atoms with Gasteiger partial charge in [0.1, 0.15) is 0 Å². The van der Waals surface area contributed by atoms with E-state index in [9.17, 15) is 0 Å². The van der Waals surface area contributed by atoms with Gasteiger partial charge in [-0.25, -0.2) is 0 Å². The van der Waals surface area contributed by atoms with E-state index in [-0.39, 0.29) is 0 Å². The Bertz CT molecular complexity index is 336. The molecule has 0 saturated carbocycles. The van der Waals surface area contributed by atoms with Crippen LogP contribution in [0.4, 0.5) is 0 Å². The normalized spacial score (nSPS) is 14.4. The first-order valence-corrected chi connectivity index (χ1v) is 7.33. The average molecular weight is 248 g/mol. The summed E-state index contributed by atoms with van der Waals surface area (Å²) in [6.45, 7) is 10.00. The summed E-state index contributed by atoms with van der Waals surface area (Å²) < 4.78 is 0. The van der Waals surface area contributed by atoms with Crippen LogP contribution >= 0.6 is 0 Å². The zero-order chi connectivity index (χ0) is 13.4. The molecule has 0 fully saturated rings. The number of pyridine rings is 1. The van der Waals surface area contributed by atoms with Crippen molar-refractivity contribution in [2.45, 2.75) is 59.4 Å². The van der Waals surface area contributed by atoms with E-state index in [0.717, 1.165) is 18.2 Å². The van der Waals surface area contributed by atoms with E-state index in [2.05, 4.69) is 50.1 Å². The van der Waals surface area contributed by atoms with Gasteiger partial charge >= 0.3 is 0 Å². The Hall–Kier alpha value is -0.890. The predicted molar refractivity (Wildman–Crippen MR) is 78.7 cm³/mol. The monoisotopic (exact) mass is 248 g/mol. The van der Waals surface area contributed by atoms with Crippen molar-refractivity contribution in [2.75, 3.05) is 6.54 Å². The summed E-state index contributed by atoms with van der Waals surface area (Å²) in [7, 11) is 0. The second-order valence-electron chi connectivity index (χ2n) is 5.37. The molecule has 1 aromatic rings. The molecule has 0 radical (unpaired) electrons. The summed E-state index contributed by atoms with van der Waals surface area (Å²) in [6, 6.07) is 4.85. The second kappa shape index (κ2) is 8.25. The number of hydrogen-bond donors (Lipinski definition) is 1. The maximum Gasteiger partial charge on any atom is 0.0375 e. The van der Waals surface area contributed by atoms with Crippen LogP contribution in [-0.2, 0) is 0 Å². The zero-order valence-corrected chi connectivity index (χ0v) is 12.4. The van der Waals surface area contributed by atoms with Crippen LogP contribution in [0.25, 0.3) is 0 Å². The molecule has 0 amide bonds. The van der Waals surface area contributed by atoms with Gasteiger partial charge in [0.25, 0.3) is 0 Å². The van der Waals surface area contributed by atoms with Crippen molar-refractivity contribution >= 4 is 0 Å². The highest BCUT2D eigenvalue weighted by atomic mass is 14.9. The molecule has 2 heteroatoms. The van der Waals surface area contributed by atoms with E-state index in [1.165, 1.54) is 31.2 Å². The molecule has 102 valence electrons. The largest absolute Gasteiger partial charge is 0.310 e. The molecule has 1 heterocycles. The van der Waals surface area contributed by atoms with E-state index < -0.39 is 0 Å². The standard InChI is InChI=1S/C16H28N2/c1-5-7-13(3)11-16(18-9-6-2)15-8-10-17-14(4)12-15/h8,10,12-13,16,18H,5-7,9,11H2,1-4H3. The minimum atomic E-state index is 0.480. The third kappa shape index (κ3) is 5.18. The van der Waals surface area contributed by atoms with Gasteiger partial charge in [-0.3, -0.25) is 4.98 Å². The van der Waals surface area contributed by atoms with E-state index in [4.69, 9.17) is 0 Å². The van der Waals surface area contributed by atoms with Crippen molar-refractivity contribution in [1.29, 1.82) is 0 Å². The molecule has 0 aromatic carbocycles. The highest BCUT2D eigenvalue weighted by Crippen LogP contribution is 2.24. The van der Waals surface area contributed by atoms with E-state index >= 15 is 0 Å². The second-order valence-corrected chi connectivity index (χ2v) is 5.37. The van der Waals surface area contributed by atoms with Crippen LogP contribution in [0.3, 0.4) is 0 Å². The Labute approximate surface area is 112 Å². The third-order valence-electron chi connectivity index (χ3n) is 3.38. The van der Waals surface area contributed by atoms with Crippen molar-refractivity contribution in [2.24, 2.45) is 5.92 Å². The molecule has 0 spiro atoms. The van der Waals surface area contributed by atoms with Crippen molar-refractivity contribution in [3.05, 3.63) is 29.6 Å². The quantitative estimate of drug-likeness (QED) is 0.743. The van der Waals surface area contributed by atoms with Gasteiger partial charge in [-0.2, -0.15) is 0 Å². The van der Waals surface area contributed by atoms with Gasteiger partial charge in [-0.1, -0.05) is 33.6 Å². The van der Waals surface area contributed by atoms with Crippen LogP contribution in [0.2, 0.25) is 0 Å². The van der Waals surface area contributed by atoms with Crippen molar-refractivity contribution in [3.8, 4) is 0 Å². The van der Waals surface area contributed by atoms with Gasteiger partial charge in [-0.15, -0.1) is 0 Å². The Morgan fingerprint density at radius 3 is 2.67 bits per heavy atom. The fourth-order valence-corrected chi connectivity index (χ4v) is 2.45. The summed E-state index contributed by atoms with van der Waals surface area (Å²) in [4.78, 5) is 4.29. The molecule has 0 aliphatic carbocycles. The highest BCUT2D eigenvalue weighted by molar-refractivity contribution is 5.19. The van der Waals surface area contributed by atoms with Gasteiger partial charge in [0, 0.05) is 17.9 Å². The lowest BCUT2D eigenvalue weighted by molar-refractivity contribution is 0.390. The molecule has 2 nitrogen and oxygen atoms in total. The fraction of sp³-hybridized carbons (Fsp3) is 0.688. The molecule has 0 aliphatic rings. The number of nitrogens with one attached hydrogen (secondary N) is 1. The summed E-state index contributed by atoms with van der Waals surface area (Å²) >= 11 is 0. The predicted octanol–water partition coefficient (Wildman–Crippen LogP) is 4.26. The van der Waals surface area contributed by atoms with Crippen molar-refractivity contribution < 1.29 is 0 Å². The van der Waals surface area contributed by atoms with Crippen LogP contribution in [0, 0.1) is 12.8 Å². The molecule has 1 aromatic heterocycles. The molecular weight excluding hydrogens is 220 g/mol. The Morgan fingerprint density at radius 2 is 2.06 bits per heavy atom. The van der Waals surface area contributed by atoms with E-state index in [0.29, 0.717) is 6.04 Å². The Morgan fingerprint density at radius 1 is 1.28 bits per heavy atom. The van der Waals surface area contributed by atoms with Crippen LogP contribution in [0.1, 0.15) is 63.8 Å². The smallest absolute Gasteiger partial charge is 0.0375 e. The first-order chi connectivity index (χ1) is 8.67. The third-order valence-corrected chi connectivity index (χ3v) is 3.38. The van der Waals surface area contributed by atoms with E-state index in [1.807, 2.05) is 6.20 Å². The lowest BCUT2D eigenvalue weighted by Gasteiger charge is -2.22. The minimum Gasteiger partial charge on any atom is -0.310 e. The van der Waals surface area contributed by atoms with E-state index in [1.54, 1.807) is 0 Å². The summed E-state index contributed by atoms with van der Waals surface area (Å²) in [6.07, 6.45) is 6.92. The zero-order valence-electron chi connectivity index (χ0n) is 12.4. The first kappa shape index (κ1) is 15.2. The van der Waals surface area contributed by atoms with Crippen LogP contribution in [-0.4, -0.2) is 11.5 Å². The molecule has 0 aliphatic heterocycles. The summed E-state index contributed by atoms with van der Waals surface area (Å²) in [5.74, 6) is 0.776. The maximum absolute atomic E-state index is 4.29. The Kier molecular flexibility index (Phi) is 6.96. The van der Waals surface area contributed by atoms with Crippen molar-refractivity contribution in [1.82, 2.24) is 10.3 Å². The maximum atomic E-state index is 4.29. The van der Waals surface area contributed by atoms with Crippen LogP contribution < -0.4 is 5.32 Å².